The van der Waals surface area contributed by atoms with Gasteiger partial charge >= 0.3 is 5.97 Å². The minimum absolute atomic E-state index is 0.114. The lowest BCUT2D eigenvalue weighted by Crippen LogP contribution is -2.22. The van der Waals surface area contributed by atoms with E-state index >= 15 is 0 Å². The molecule has 0 saturated carbocycles. The van der Waals surface area contributed by atoms with Crippen LogP contribution in [0.4, 0.5) is 0 Å². The lowest BCUT2D eigenvalue weighted by Gasteiger charge is -2.11. The molecule has 0 aliphatic heterocycles. The molecular weight excluding hydrogens is 512 g/mol. The molecule has 41 heavy (non-hydrogen) atoms. The number of carbonyl (C=O) groups excluding carboxylic acids is 1. The summed E-state index contributed by atoms with van der Waals surface area (Å²) in [5.74, 6) is -0.236. The van der Waals surface area contributed by atoms with Gasteiger partial charge in [-0.25, -0.2) is 4.79 Å². The van der Waals surface area contributed by atoms with Crippen LogP contribution in [0, 0.1) is 13.8 Å². The van der Waals surface area contributed by atoms with Crippen molar-refractivity contribution in [2.24, 2.45) is 0 Å². The number of rotatable bonds is 9. The van der Waals surface area contributed by atoms with Gasteiger partial charge in [0.05, 0.1) is 11.7 Å². The van der Waals surface area contributed by atoms with Crippen molar-refractivity contribution >= 4 is 22.8 Å². The molecule has 6 nitrogen and oxygen atoms in total. The highest BCUT2D eigenvalue weighted by molar-refractivity contribution is 5.99. The van der Waals surface area contributed by atoms with Crippen LogP contribution in [0.5, 0.6) is 5.75 Å². The summed E-state index contributed by atoms with van der Waals surface area (Å²) >= 11 is 0. The average molecular weight is 547 g/mol. The number of aromatic nitrogens is 1. The number of aromatic carboxylic acids is 1. The van der Waals surface area contributed by atoms with E-state index in [2.05, 4.69) is 23.7 Å². The molecule has 1 aromatic heterocycles. The number of carboxylic acid groups (broad SMARTS) is 1. The summed E-state index contributed by atoms with van der Waals surface area (Å²) in [5.41, 5.74) is 7.94. The van der Waals surface area contributed by atoms with Gasteiger partial charge in [-0.05, 0) is 91.9 Å². The van der Waals surface area contributed by atoms with E-state index < -0.39 is 5.97 Å². The topological polar surface area (TPSA) is 80.6 Å². The van der Waals surface area contributed by atoms with Crippen LogP contribution in [0.3, 0.4) is 0 Å². The highest BCUT2D eigenvalue weighted by atomic mass is 16.5. The van der Waals surface area contributed by atoms with Gasteiger partial charge in [-0.15, -0.1) is 0 Å². The fourth-order valence-electron chi connectivity index (χ4n) is 5.13. The van der Waals surface area contributed by atoms with Gasteiger partial charge in [-0.1, -0.05) is 54.6 Å². The maximum Gasteiger partial charge on any atom is 0.336 e. The van der Waals surface area contributed by atoms with Gasteiger partial charge in [0.15, 0.2) is 0 Å². The molecule has 0 saturated heterocycles. The Balaban J connectivity index is 1.32. The Hall–Kier alpha value is -4.84. The summed E-state index contributed by atoms with van der Waals surface area (Å²) in [6.07, 6.45) is 0.117. The Morgan fingerprint density at radius 3 is 2.24 bits per heavy atom. The third-order valence-electron chi connectivity index (χ3n) is 7.41. The smallest absolute Gasteiger partial charge is 0.336 e. The van der Waals surface area contributed by atoms with E-state index in [4.69, 9.17) is 4.74 Å². The maximum absolute atomic E-state index is 13.0. The fourth-order valence-corrected chi connectivity index (χ4v) is 5.13. The molecule has 2 N–H and O–H groups in total. The van der Waals surface area contributed by atoms with E-state index in [0.29, 0.717) is 24.2 Å². The van der Waals surface area contributed by atoms with Gasteiger partial charge in [-0.3, -0.25) is 4.79 Å². The van der Waals surface area contributed by atoms with E-state index in [1.54, 1.807) is 12.1 Å². The molecule has 0 radical (unpaired) electrons. The van der Waals surface area contributed by atoms with Crippen molar-refractivity contribution in [3.63, 3.8) is 0 Å². The van der Waals surface area contributed by atoms with Gasteiger partial charge in [0.1, 0.15) is 5.75 Å². The first kappa shape index (κ1) is 27.7. The summed E-state index contributed by atoms with van der Waals surface area (Å²) in [7, 11) is 0. The minimum atomic E-state index is -0.937. The van der Waals surface area contributed by atoms with Crippen LogP contribution in [0.25, 0.3) is 22.0 Å². The van der Waals surface area contributed by atoms with Crippen molar-refractivity contribution in [3.8, 4) is 16.9 Å². The first-order valence-electron chi connectivity index (χ1n) is 13.8. The predicted octanol–water partition coefficient (Wildman–Crippen LogP) is 7.39. The lowest BCUT2D eigenvalue weighted by atomic mass is 9.99. The maximum atomic E-state index is 13.0. The van der Waals surface area contributed by atoms with E-state index in [1.807, 2.05) is 92.7 Å². The summed E-state index contributed by atoms with van der Waals surface area (Å²) in [4.78, 5) is 24.6. The average Bonchev–Trinajstić information content (AvgIpc) is 3.21. The van der Waals surface area contributed by atoms with E-state index in [9.17, 15) is 14.7 Å². The van der Waals surface area contributed by atoms with Crippen LogP contribution < -0.4 is 10.1 Å². The molecule has 0 fully saturated rings. The zero-order valence-corrected chi connectivity index (χ0v) is 23.8. The molecule has 6 heteroatoms. The summed E-state index contributed by atoms with van der Waals surface area (Å²) < 4.78 is 7.95. The van der Waals surface area contributed by atoms with E-state index in [-0.39, 0.29) is 17.6 Å². The monoisotopic (exact) mass is 546 g/mol. The minimum Gasteiger partial charge on any atom is -0.491 e. The van der Waals surface area contributed by atoms with Crippen molar-refractivity contribution in [1.29, 1.82) is 0 Å². The number of nitrogens with one attached hydrogen (secondary N) is 1. The van der Waals surface area contributed by atoms with E-state index in [0.717, 1.165) is 44.6 Å². The molecule has 1 heterocycles. The molecule has 208 valence electrons. The first-order valence-corrected chi connectivity index (χ1v) is 13.8. The van der Waals surface area contributed by atoms with Crippen LogP contribution in [-0.4, -0.2) is 27.7 Å². The van der Waals surface area contributed by atoms with Gasteiger partial charge < -0.3 is 19.7 Å². The summed E-state index contributed by atoms with van der Waals surface area (Å²) in [6.45, 7) is 9.27. The third-order valence-corrected chi connectivity index (χ3v) is 7.41. The number of hydrogen-bond donors (Lipinski definition) is 2. The molecule has 0 atom stereocenters. The molecule has 0 bridgehead atoms. The number of nitrogens with zero attached hydrogens (tertiary/aromatic N) is 1. The third kappa shape index (κ3) is 6.02. The predicted molar refractivity (Wildman–Crippen MR) is 163 cm³/mol. The second-order valence-electron chi connectivity index (χ2n) is 10.6. The second-order valence-corrected chi connectivity index (χ2v) is 10.6. The largest absolute Gasteiger partial charge is 0.491 e. The highest BCUT2D eigenvalue weighted by Crippen LogP contribution is 2.29. The van der Waals surface area contributed by atoms with Crippen molar-refractivity contribution in [2.75, 3.05) is 0 Å². The van der Waals surface area contributed by atoms with Crippen LogP contribution in [0.2, 0.25) is 0 Å². The SMILES string of the molecule is Cc1c(C)n(Cc2ccc(-c3ccccc3C(=O)O)cc2)c2ccc(C(=O)NCc3ccc(OC(C)C)cc3)cc12. The van der Waals surface area contributed by atoms with Crippen LogP contribution in [-0.2, 0) is 13.1 Å². The molecule has 1 amide bonds. The Labute approximate surface area is 240 Å². The highest BCUT2D eigenvalue weighted by Gasteiger charge is 2.15. The van der Waals surface area contributed by atoms with Gasteiger partial charge in [0, 0.05) is 35.2 Å². The summed E-state index contributed by atoms with van der Waals surface area (Å²) in [5, 5.41) is 13.6. The van der Waals surface area contributed by atoms with Crippen molar-refractivity contribution in [1.82, 2.24) is 9.88 Å². The molecule has 4 aromatic carbocycles. The zero-order valence-electron chi connectivity index (χ0n) is 23.8. The molecule has 0 unspecified atom stereocenters. The van der Waals surface area contributed by atoms with Crippen molar-refractivity contribution < 1.29 is 19.4 Å². The van der Waals surface area contributed by atoms with E-state index in [1.165, 1.54) is 0 Å². The van der Waals surface area contributed by atoms with Gasteiger partial charge in [0.25, 0.3) is 5.91 Å². The number of carboxylic acids is 1. The molecular formula is C35H34N2O4. The lowest BCUT2D eigenvalue weighted by molar-refractivity contribution is 0.0697. The fraction of sp³-hybridized carbons (Fsp3) is 0.200. The molecule has 0 aliphatic rings. The Morgan fingerprint density at radius 1 is 0.878 bits per heavy atom. The Morgan fingerprint density at radius 2 is 1.56 bits per heavy atom. The second kappa shape index (κ2) is 11.7. The standard InChI is InChI=1S/C35H34N2O4/c1-22(2)41-29-16-11-25(12-17-29)20-36-34(38)28-15-18-33-32(19-28)23(3)24(4)37(33)21-26-9-13-27(14-10-26)30-7-5-6-8-31(30)35(39)40/h5-19,22H,20-21H2,1-4H3,(H,36,38)(H,39,40). The first-order chi connectivity index (χ1) is 19.7. The quantitative estimate of drug-likeness (QED) is 0.202. The van der Waals surface area contributed by atoms with Crippen LogP contribution >= 0.6 is 0 Å². The Bertz CT molecular complexity index is 1710. The number of benzene rings is 4. The molecule has 0 spiro atoms. The number of aryl methyl sites for hydroxylation is 1. The molecule has 5 aromatic rings. The molecule has 0 aliphatic carbocycles. The zero-order chi connectivity index (χ0) is 29.1. The molecule has 5 rings (SSSR count). The number of amides is 1. The van der Waals surface area contributed by atoms with Crippen molar-refractivity contribution in [2.45, 2.75) is 46.9 Å². The van der Waals surface area contributed by atoms with Gasteiger partial charge in [0.2, 0.25) is 0 Å². The van der Waals surface area contributed by atoms with Gasteiger partial charge in [-0.2, -0.15) is 0 Å². The van der Waals surface area contributed by atoms with Crippen LogP contribution in [0.1, 0.15) is 56.9 Å². The number of fused-ring (bicyclic) bond motifs is 1. The summed E-state index contributed by atoms with van der Waals surface area (Å²) in [6, 6.07) is 28.7. The number of ether oxygens (including phenoxy) is 1. The number of hydrogen-bond acceptors (Lipinski definition) is 3. The van der Waals surface area contributed by atoms with Crippen molar-refractivity contribution in [3.05, 3.63) is 125 Å². The normalized spacial score (nSPS) is 11.1. The Kier molecular flexibility index (Phi) is 7.92. The van der Waals surface area contributed by atoms with Crippen LogP contribution in [0.15, 0.2) is 91.0 Å². The number of carbonyl (C=O) groups is 2.